The Labute approximate surface area is 134 Å². The number of ether oxygens (including phenoxy) is 1. The predicted octanol–water partition coefficient (Wildman–Crippen LogP) is 2.27. The van der Waals surface area contributed by atoms with Gasteiger partial charge in [0.15, 0.2) is 0 Å². The number of sulfonamides is 1. The molecule has 0 spiro atoms. The first-order valence-electron chi connectivity index (χ1n) is 6.97. The standard InChI is InChI=1S/C14H18ClNO5S/c1-9(14(17)18)16-22(19,20)13-7-11(15)5-6-12(13)21-8-10-3-2-4-10/h5-7,9-10,16H,2-4,8H2,1H3,(H,17,18). The van der Waals surface area contributed by atoms with E-state index in [1.165, 1.54) is 25.1 Å². The zero-order valence-electron chi connectivity index (χ0n) is 12.1. The molecule has 1 aliphatic rings. The van der Waals surface area contributed by atoms with E-state index in [-0.39, 0.29) is 15.7 Å². The minimum Gasteiger partial charge on any atom is -0.492 e. The molecule has 0 aliphatic heterocycles. The Morgan fingerprint density at radius 2 is 2.18 bits per heavy atom. The summed E-state index contributed by atoms with van der Waals surface area (Å²) >= 11 is 5.86. The van der Waals surface area contributed by atoms with Crippen molar-refractivity contribution >= 4 is 27.6 Å². The Kier molecular flexibility index (Phi) is 5.31. The Bertz CT molecular complexity index is 657. The summed E-state index contributed by atoms with van der Waals surface area (Å²) in [6, 6.07) is 3.04. The SMILES string of the molecule is CC(NS(=O)(=O)c1cc(Cl)ccc1OCC1CCC1)C(=O)O. The fourth-order valence-electron chi connectivity index (χ4n) is 2.02. The van der Waals surface area contributed by atoms with Crippen LogP contribution in [-0.2, 0) is 14.8 Å². The third kappa shape index (κ3) is 4.12. The summed E-state index contributed by atoms with van der Waals surface area (Å²) in [5.74, 6) is -0.638. The number of hydrogen-bond acceptors (Lipinski definition) is 4. The molecule has 1 unspecified atom stereocenters. The summed E-state index contributed by atoms with van der Waals surface area (Å²) < 4.78 is 32.4. The summed E-state index contributed by atoms with van der Waals surface area (Å²) in [6.07, 6.45) is 3.31. The van der Waals surface area contributed by atoms with Crippen LogP contribution in [0.1, 0.15) is 26.2 Å². The molecule has 1 fully saturated rings. The Balaban J connectivity index is 2.22. The number of benzene rings is 1. The maximum absolute atomic E-state index is 12.3. The largest absolute Gasteiger partial charge is 0.492 e. The van der Waals surface area contributed by atoms with Gasteiger partial charge in [0, 0.05) is 5.02 Å². The Morgan fingerprint density at radius 1 is 1.50 bits per heavy atom. The molecule has 0 radical (unpaired) electrons. The molecule has 1 atom stereocenters. The van der Waals surface area contributed by atoms with Gasteiger partial charge in [0.2, 0.25) is 10.0 Å². The number of halogens is 1. The zero-order chi connectivity index (χ0) is 16.3. The Hall–Kier alpha value is -1.31. The van der Waals surface area contributed by atoms with Crippen molar-refractivity contribution in [2.45, 2.75) is 37.1 Å². The number of nitrogens with one attached hydrogen (secondary N) is 1. The smallest absolute Gasteiger partial charge is 0.321 e. The summed E-state index contributed by atoms with van der Waals surface area (Å²) in [5.41, 5.74) is 0. The lowest BCUT2D eigenvalue weighted by Gasteiger charge is -2.25. The van der Waals surface area contributed by atoms with E-state index in [0.29, 0.717) is 12.5 Å². The number of carboxylic acid groups (broad SMARTS) is 1. The highest BCUT2D eigenvalue weighted by Crippen LogP contribution is 2.31. The summed E-state index contributed by atoms with van der Waals surface area (Å²) in [7, 11) is -4.03. The van der Waals surface area contributed by atoms with Crippen LogP contribution in [0, 0.1) is 5.92 Å². The van der Waals surface area contributed by atoms with Gasteiger partial charge < -0.3 is 9.84 Å². The van der Waals surface area contributed by atoms with Gasteiger partial charge in [-0.15, -0.1) is 0 Å². The number of rotatable bonds is 7. The second-order valence-electron chi connectivity index (χ2n) is 5.38. The van der Waals surface area contributed by atoms with Gasteiger partial charge in [-0.2, -0.15) is 4.72 Å². The lowest BCUT2D eigenvalue weighted by molar-refractivity contribution is -0.138. The molecule has 22 heavy (non-hydrogen) atoms. The summed E-state index contributed by atoms with van der Waals surface area (Å²) in [6.45, 7) is 1.69. The van der Waals surface area contributed by atoms with Crippen LogP contribution in [0.5, 0.6) is 5.75 Å². The van der Waals surface area contributed by atoms with Crippen molar-refractivity contribution in [2.75, 3.05) is 6.61 Å². The van der Waals surface area contributed by atoms with E-state index in [4.69, 9.17) is 21.4 Å². The highest BCUT2D eigenvalue weighted by molar-refractivity contribution is 7.89. The van der Waals surface area contributed by atoms with Crippen LogP contribution >= 0.6 is 11.6 Å². The molecule has 2 N–H and O–H groups in total. The minimum absolute atomic E-state index is 0.146. The predicted molar refractivity (Wildman–Crippen MR) is 81.7 cm³/mol. The lowest BCUT2D eigenvalue weighted by Crippen LogP contribution is -2.38. The average Bonchev–Trinajstić information content (AvgIpc) is 2.37. The van der Waals surface area contributed by atoms with Crippen molar-refractivity contribution in [3.8, 4) is 5.75 Å². The van der Waals surface area contributed by atoms with Crippen molar-refractivity contribution in [2.24, 2.45) is 5.92 Å². The number of carbonyl (C=O) groups is 1. The van der Waals surface area contributed by atoms with Crippen LogP contribution in [0.3, 0.4) is 0 Å². The minimum atomic E-state index is -4.03. The van der Waals surface area contributed by atoms with Crippen molar-refractivity contribution < 1.29 is 23.1 Å². The van der Waals surface area contributed by atoms with Gasteiger partial charge in [0.1, 0.15) is 16.7 Å². The third-order valence-corrected chi connectivity index (χ3v) is 5.39. The number of aliphatic carboxylic acids is 1. The van der Waals surface area contributed by atoms with Crippen LogP contribution in [-0.4, -0.2) is 32.1 Å². The first kappa shape index (κ1) is 17.1. The maximum Gasteiger partial charge on any atom is 0.321 e. The van der Waals surface area contributed by atoms with Gasteiger partial charge in [0.25, 0.3) is 0 Å². The van der Waals surface area contributed by atoms with Crippen LogP contribution in [0.4, 0.5) is 0 Å². The van der Waals surface area contributed by atoms with Gasteiger partial charge in [-0.05, 0) is 43.9 Å². The number of carboxylic acids is 1. The van der Waals surface area contributed by atoms with E-state index in [1.54, 1.807) is 0 Å². The van der Waals surface area contributed by atoms with Crippen LogP contribution < -0.4 is 9.46 Å². The van der Waals surface area contributed by atoms with Gasteiger partial charge in [-0.3, -0.25) is 4.79 Å². The third-order valence-electron chi connectivity index (χ3n) is 3.60. The fourth-order valence-corrected chi connectivity index (χ4v) is 3.63. The second-order valence-corrected chi connectivity index (χ2v) is 7.50. The van der Waals surface area contributed by atoms with E-state index in [1.807, 2.05) is 0 Å². The fraction of sp³-hybridized carbons (Fsp3) is 0.500. The van der Waals surface area contributed by atoms with Gasteiger partial charge >= 0.3 is 5.97 Å². The molecule has 122 valence electrons. The van der Waals surface area contributed by atoms with Crippen molar-refractivity contribution in [1.29, 1.82) is 0 Å². The molecular weight excluding hydrogens is 330 g/mol. The van der Waals surface area contributed by atoms with Crippen molar-refractivity contribution in [3.05, 3.63) is 23.2 Å². The van der Waals surface area contributed by atoms with Crippen molar-refractivity contribution in [1.82, 2.24) is 4.72 Å². The molecule has 1 aromatic rings. The molecule has 1 aliphatic carbocycles. The zero-order valence-corrected chi connectivity index (χ0v) is 13.7. The monoisotopic (exact) mass is 347 g/mol. The van der Waals surface area contributed by atoms with Gasteiger partial charge in [-0.25, -0.2) is 8.42 Å². The van der Waals surface area contributed by atoms with E-state index >= 15 is 0 Å². The molecular formula is C14H18ClNO5S. The topological polar surface area (TPSA) is 92.7 Å². The van der Waals surface area contributed by atoms with E-state index in [9.17, 15) is 13.2 Å². The second kappa shape index (κ2) is 6.85. The number of hydrogen-bond donors (Lipinski definition) is 2. The average molecular weight is 348 g/mol. The molecule has 6 nitrogen and oxygen atoms in total. The first-order chi connectivity index (χ1) is 10.3. The first-order valence-corrected chi connectivity index (χ1v) is 8.83. The normalized spacial score (nSPS) is 16.8. The van der Waals surface area contributed by atoms with E-state index < -0.39 is 22.0 Å². The summed E-state index contributed by atoms with van der Waals surface area (Å²) in [5, 5.41) is 9.08. The molecule has 8 heteroatoms. The molecule has 1 saturated carbocycles. The molecule has 0 bridgehead atoms. The van der Waals surface area contributed by atoms with E-state index in [2.05, 4.69) is 4.72 Å². The van der Waals surface area contributed by atoms with E-state index in [0.717, 1.165) is 19.3 Å². The molecule has 0 saturated heterocycles. The molecule has 1 aromatic carbocycles. The highest BCUT2D eigenvalue weighted by Gasteiger charge is 2.26. The summed E-state index contributed by atoms with van der Waals surface area (Å²) in [4.78, 5) is 10.7. The van der Waals surface area contributed by atoms with Crippen molar-refractivity contribution in [3.63, 3.8) is 0 Å². The Morgan fingerprint density at radius 3 is 2.73 bits per heavy atom. The highest BCUT2D eigenvalue weighted by atomic mass is 35.5. The van der Waals surface area contributed by atoms with Gasteiger partial charge in [0.05, 0.1) is 6.61 Å². The molecule has 0 amide bonds. The quantitative estimate of drug-likeness (QED) is 0.789. The molecule has 2 rings (SSSR count). The lowest BCUT2D eigenvalue weighted by atomic mass is 9.86. The molecule has 0 aromatic heterocycles. The van der Waals surface area contributed by atoms with Gasteiger partial charge in [-0.1, -0.05) is 18.0 Å². The maximum atomic E-state index is 12.3. The van der Waals surface area contributed by atoms with Crippen LogP contribution in [0.2, 0.25) is 5.02 Å². The van der Waals surface area contributed by atoms with Crippen LogP contribution in [0.15, 0.2) is 23.1 Å². The molecule has 0 heterocycles. The van der Waals surface area contributed by atoms with Crippen LogP contribution in [0.25, 0.3) is 0 Å².